The van der Waals surface area contributed by atoms with Crippen molar-refractivity contribution in [3.05, 3.63) is 23.8 Å². The van der Waals surface area contributed by atoms with Gasteiger partial charge in [-0.2, -0.15) is 0 Å². The molecule has 1 atom stereocenters. The molecule has 1 aromatic carbocycles. The number of likely N-dealkylation sites (tertiary alicyclic amines) is 1. The Hall–Kier alpha value is -1.22. The van der Waals surface area contributed by atoms with Crippen molar-refractivity contribution in [1.29, 1.82) is 0 Å². The highest BCUT2D eigenvalue weighted by atomic mass is 15.2. The third-order valence-electron chi connectivity index (χ3n) is 3.91. The highest BCUT2D eigenvalue weighted by Crippen LogP contribution is 2.25. The summed E-state index contributed by atoms with van der Waals surface area (Å²) in [6.07, 6.45) is 2.63. The van der Waals surface area contributed by atoms with E-state index in [2.05, 4.69) is 36.9 Å². The van der Waals surface area contributed by atoms with Crippen molar-refractivity contribution in [2.75, 3.05) is 37.8 Å². The van der Waals surface area contributed by atoms with Crippen molar-refractivity contribution in [3.63, 3.8) is 0 Å². The van der Waals surface area contributed by atoms with E-state index in [0.29, 0.717) is 6.04 Å². The third-order valence-corrected chi connectivity index (χ3v) is 3.91. The summed E-state index contributed by atoms with van der Waals surface area (Å²) >= 11 is 0. The first-order chi connectivity index (χ1) is 8.09. The van der Waals surface area contributed by atoms with E-state index in [1.54, 1.807) is 0 Å². The van der Waals surface area contributed by atoms with Gasteiger partial charge >= 0.3 is 0 Å². The summed E-state index contributed by atoms with van der Waals surface area (Å²) in [5, 5.41) is 0. The first-order valence-electron chi connectivity index (χ1n) is 6.36. The summed E-state index contributed by atoms with van der Waals surface area (Å²) in [5.41, 5.74) is 9.29. The van der Waals surface area contributed by atoms with Gasteiger partial charge in [0.2, 0.25) is 0 Å². The van der Waals surface area contributed by atoms with E-state index in [9.17, 15) is 0 Å². The zero-order valence-corrected chi connectivity index (χ0v) is 11.1. The van der Waals surface area contributed by atoms with E-state index >= 15 is 0 Å². The van der Waals surface area contributed by atoms with Crippen molar-refractivity contribution >= 4 is 11.4 Å². The third kappa shape index (κ3) is 2.55. The van der Waals surface area contributed by atoms with Crippen LogP contribution in [0.3, 0.4) is 0 Å². The van der Waals surface area contributed by atoms with Crippen LogP contribution >= 0.6 is 0 Å². The van der Waals surface area contributed by atoms with Crippen LogP contribution in [0.25, 0.3) is 0 Å². The molecule has 94 valence electrons. The highest BCUT2D eigenvalue weighted by Gasteiger charge is 2.22. The molecule has 0 aromatic heterocycles. The smallest absolute Gasteiger partial charge is 0.0414 e. The number of hydrogen-bond donors (Lipinski definition) is 1. The molecule has 0 saturated carbocycles. The molecule has 0 amide bonds. The number of hydrogen-bond acceptors (Lipinski definition) is 3. The fraction of sp³-hybridized carbons (Fsp3) is 0.571. The van der Waals surface area contributed by atoms with Crippen LogP contribution in [0, 0.1) is 6.92 Å². The number of nitrogen functional groups attached to an aromatic ring is 1. The SMILES string of the molecule is Cc1c(N)cccc1N(C)CC1CCCN1C. The maximum absolute atomic E-state index is 5.96. The van der Waals surface area contributed by atoms with E-state index in [0.717, 1.165) is 12.2 Å². The lowest BCUT2D eigenvalue weighted by atomic mass is 10.1. The molecule has 1 unspecified atom stereocenters. The molecule has 0 spiro atoms. The molecular weight excluding hydrogens is 210 g/mol. The van der Waals surface area contributed by atoms with Crippen LogP contribution in [0.4, 0.5) is 11.4 Å². The molecule has 1 aromatic rings. The van der Waals surface area contributed by atoms with E-state index in [1.165, 1.54) is 30.6 Å². The van der Waals surface area contributed by atoms with Crippen LogP contribution < -0.4 is 10.6 Å². The largest absolute Gasteiger partial charge is 0.398 e. The molecular formula is C14H23N3. The van der Waals surface area contributed by atoms with Gasteiger partial charge < -0.3 is 15.5 Å². The average molecular weight is 233 g/mol. The zero-order valence-electron chi connectivity index (χ0n) is 11.1. The quantitative estimate of drug-likeness (QED) is 0.812. The van der Waals surface area contributed by atoms with Gasteiger partial charge in [0.1, 0.15) is 0 Å². The number of anilines is 2. The number of rotatable bonds is 3. The predicted molar refractivity (Wildman–Crippen MR) is 74.5 cm³/mol. The lowest BCUT2D eigenvalue weighted by Crippen LogP contribution is -2.36. The highest BCUT2D eigenvalue weighted by molar-refractivity contribution is 5.63. The van der Waals surface area contributed by atoms with Crippen molar-refractivity contribution in [3.8, 4) is 0 Å². The second kappa shape index (κ2) is 4.96. The van der Waals surface area contributed by atoms with Gasteiger partial charge in [0, 0.05) is 31.0 Å². The van der Waals surface area contributed by atoms with E-state index < -0.39 is 0 Å². The average Bonchev–Trinajstić information content (AvgIpc) is 2.68. The number of likely N-dealkylation sites (N-methyl/N-ethyl adjacent to an activating group) is 2. The summed E-state index contributed by atoms with van der Waals surface area (Å²) in [5.74, 6) is 0. The Kier molecular flexibility index (Phi) is 3.57. The second-order valence-corrected chi connectivity index (χ2v) is 5.15. The van der Waals surface area contributed by atoms with Crippen LogP contribution in [0.15, 0.2) is 18.2 Å². The molecule has 0 bridgehead atoms. The van der Waals surface area contributed by atoms with Gasteiger partial charge in [-0.05, 0) is 51.1 Å². The number of nitrogens with zero attached hydrogens (tertiary/aromatic N) is 2. The fourth-order valence-corrected chi connectivity index (χ4v) is 2.68. The lowest BCUT2D eigenvalue weighted by molar-refractivity contribution is 0.314. The van der Waals surface area contributed by atoms with Gasteiger partial charge in [-0.25, -0.2) is 0 Å². The van der Waals surface area contributed by atoms with E-state index in [1.807, 2.05) is 12.1 Å². The lowest BCUT2D eigenvalue weighted by Gasteiger charge is -2.28. The summed E-state index contributed by atoms with van der Waals surface area (Å²) in [4.78, 5) is 4.79. The molecule has 1 saturated heterocycles. The molecule has 2 rings (SSSR count). The monoisotopic (exact) mass is 233 g/mol. The molecule has 0 radical (unpaired) electrons. The standard InChI is InChI=1S/C14H23N3/c1-11-13(15)7-4-8-14(11)17(3)10-12-6-5-9-16(12)2/h4,7-8,12H,5-6,9-10,15H2,1-3H3. The first-order valence-corrected chi connectivity index (χ1v) is 6.36. The Labute approximate surface area is 104 Å². The Morgan fingerprint density at radius 1 is 1.47 bits per heavy atom. The van der Waals surface area contributed by atoms with Crippen LogP contribution in [-0.2, 0) is 0 Å². The molecule has 1 aliphatic rings. The van der Waals surface area contributed by atoms with Gasteiger partial charge in [0.15, 0.2) is 0 Å². The Morgan fingerprint density at radius 2 is 2.24 bits per heavy atom. The molecule has 0 aliphatic carbocycles. The topological polar surface area (TPSA) is 32.5 Å². The minimum Gasteiger partial charge on any atom is -0.398 e. The molecule has 1 aliphatic heterocycles. The molecule has 1 fully saturated rings. The summed E-state index contributed by atoms with van der Waals surface area (Å²) in [6.45, 7) is 4.41. The number of nitrogens with two attached hydrogens (primary N) is 1. The Balaban J connectivity index is 2.09. The second-order valence-electron chi connectivity index (χ2n) is 5.15. The minimum absolute atomic E-state index is 0.681. The number of benzene rings is 1. The van der Waals surface area contributed by atoms with Crippen molar-refractivity contribution < 1.29 is 0 Å². The van der Waals surface area contributed by atoms with Crippen LogP contribution in [0.5, 0.6) is 0 Å². The minimum atomic E-state index is 0.681. The molecule has 1 heterocycles. The van der Waals surface area contributed by atoms with Crippen molar-refractivity contribution in [1.82, 2.24) is 4.90 Å². The van der Waals surface area contributed by atoms with Gasteiger partial charge in [-0.1, -0.05) is 6.07 Å². The summed E-state index contributed by atoms with van der Waals surface area (Å²) in [7, 11) is 4.38. The van der Waals surface area contributed by atoms with Crippen LogP contribution in [0.1, 0.15) is 18.4 Å². The maximum Gasteiger partial charge on any atom is 0.0414 e. The molecule has 2 N–H and O–H groups in total. The van der Waals surface area contributed by atoms with Gasteiger partial charge in [-0.3, -0.25) is 0 Å². The van der Waals surface area contributed by atoms with Crippen molar-refractivity contribution in [2.24, 2.45) is 0 Å². The fourth-order valence-electron chi connectivity index (χ4n) is 2.68. The summed E-state index contributed by atoms with van der Waals surface area (Å²) < 4.78 is 0. The first kappa shape index (κ1) is 12.2. The van der Waals surface area contributed by atoms with E-state index in [-0.39, 0.29) is 0 Å². The predicted octanol–water partition coefficient (Wildman–Crippen LogP) is 2.11. The zero-order chi connectivity index (χ0) is 12.4. The van der Waals surface area contributed by atoms with Gasteiger partial charge in [0.05, 0.1) is 0 Å². The van der Waals surface area contributed by atoms with Crippen molar-refractivity contribution in [2.45, 2.75) is 25.8 Å². The normalized spacial score (nSPS) is 20.8. The van der Waals surface area contributed by atoms with Gasteiger partial charge in [0.25, 0.3) is 0 Å². The van der Waals surface area contributed by atoms with Crippen LogP contribution in [-0.4, -0.2) is 38.1 Å². The van der Waals surface area contributed by atoms with Gasteiger partial charge in [-0.15, -0.1) is 0 Å². The van der Waals surface area contributed by atoms with E-state index in [4.69, 9.17) is 5.73 Å². The van der Waals surface area contributed by atoms with Crippen LogP contribution in [0.2, 0.25) is 0 Å². The molecule has 3 nitrogen and oxygen atoms in total. The molecule has 17 heavy (non-hydrogen) atoms. The molecule has 3 heteroatoms. The Bertz CT molecular complexity index is 389. The summed E-state index contributed by atoms with van der Waals surface area (Å²) in [6, 6.07) is 6.84. The maximum atomic E-state index is 5.96. The Morgan fingerprint density at radius 3 is 2.88 bits per heavy atom.